The molecule has 1 fully saturated rings. The Bertz CT molecular complexity index is 722. The summed E-state index contributed by atoms with van der Waals surface area (Å²) in [6.07, 6.45) is 5.46. The summed E-state index contributed by atoms with van der Waals surface area (Å²) in [6, 6.07) is 8.69. The molecule has 2 atom stereocenters. The fourth-order valence-electron chi connectivity index (χ4n) is 3.13. The van der Waals surface area contributed by atoms with Crippen molar-refractivity contribution in [3.8, 4) is 5.75 Å². The Hall–Kier alpha value is -1.81. The van der Waals surface area contributed by atoms with Crippen LogP contribution in [0, 0.1) is 0 Å². The van der Waals surface area contributed by atoms with E-state index in [-0.39, 0.29) is 0 Å². The third kappa shape index (κ3) is 3.42. The predicted molar refractivity (Wildman–Crippen MR) is 95.5 cm³/mol. The molecule has 0 aliphatic carbocycles. The van der Waals surface area contributed by atoms with Crippen LogP contribution in [-0.4, -0.2) is 35.4 Å². The lowest BCUT2D eigenvalue weighted by molar-refractivity contribution is 0.109. The average molecular weight is 332 g/mol. The summed E-state index contributed by atoms with van der Waals surface area (Å²) in [6.45, 7) is 4.44. The maximum absolute atomic E-state index is 6.32. The van der Waals surface area contributed by atoms with Crippen molar-refractivity contribution in [1.29, 1.82) is 0 Å². The number of halogens is 1. The first kappa shape index (κ1) is 16.1. The van der Waals surface area contributed by atoms with Gasteiger partial charge in [-0.1, -0.05) is 11.6 Å². The molecule has 122 valence electrons. The van der Waals surface area contributed by atoms with Gasteiger partial charge in [0.1, 0.15) is 10.9 Å². The summed E-state index contributed by atoms with van der Waals surface area (Å²) in [5.41, 5.74) is 1.69. The molecular weight excluding hydrogens is 310 g/mol. The van der Waals surface area contributed by atoms with Crippen LogP contribution in [0.2, 0.25) is 5.15 Å². The van der Waals surface area contributed by atoms with Crippen molar-refractivity contribution in [2.24, 2.45) is 5.10 Å². The van der Waals surface area contributed by atoms with Gasteiger partial charge in [0.25, 0.3) is 0 Å². The van der Waals surface area contributed by atoms with Gasteiger partial charge in [-0.3, -0.25) is 5.01 Å². The predicted octanol–water partition coefficient (Wildman–Crippen LogP) is 4.49. The van der Waals surface area contributed by atoms with Crippen LogP contribution in [0.25, 0.3) is 10.9 Å². The van der Waals surface area contributed by atoms with Crippen molar-refractivity contribution in [2.45, 2.75) is 45.2 Å². The summed E-state index contributed by atoms with van der Waals surface area (Å²) in [7, 11) is 1.66. The first-order valence-corrected chi connectivity index (χ1v) is 8.43. The number of piperidine rings is 1. The molecule has 0 amide bonds. The van der Waals surface area contributed by atoms with Crippen LogP contribution in [0.15, 0.2) is 29.4 Å². The second-order valence-electron chi connectivity index (χ2n) is 6.18. The van der Waals surface area contributed by atoms with Gasteiger partial charge < -0.3 is 4.74 Å². The van der Waals surface area contributed by atoms with Crippen LogP contribution in [0.4, 0.5) is 0 Å². The molecule has 5 heteroatoms. The molecule has 1 aromatic carbocycles. The van der Waals surface area contributed by atoms with Gasteiger partial charge in [0, 0.05) is 23.0 Å². The van der Waals surface area contributed by atoms with Crippen LogP contribution in [0.3, 0.4) is 0 Å². The van der Waals surface area contributed by atoms with Crippen molar-refractivity contribution in [3.05, 3.63) is 35.0 Å². The van der Waals surface area contributed by atoms with E-state index in [0.717, 1.165) is 22.2 Å². The van der Waals surface area contributed by atoms with Crippen molar-refractivity contribution in [1.82, 2.24) is 9.99 Å². The first-order chi connectivity index (χ1) is 11.1. The Kier molecular flexibility index (Phi) is 4.71. The van der Waals surface area contributed by atoms with Crippen LogP contribution < -0.4 is 4.74 Å². The summed E-state index contributed by atoms with van der Waals surface area (Å²) in [5.74, 6) is 0.808. The van der Waals surface area contributed by atoms with Crippen LogP contribution in [0.1, 0.15) is 38.7 Å². The second-order valence-corrected chi connectivity index (χ2v) is 6.54. The zero-order chi connectivity index (χ0) is 16.4. The van der Waals surface area contributed by atoms with Gasteiger partial charge >= 0.3 is 0 Å². The number of nitrogens with zero attached hydrogens (tertiary/aromatic N) is 3. The van der Waals surface area contributed by atoms with E-state index in [0.29, 0.717) is 17.2 Å². The Morgan fingerprint density at radius 1 is 1.26 bits per heavy atom. The van der Waals surface area contributed by atoms with Gasteiger partial charge in [-0.25, -0.2) is 4.98 Å². The van der Waals surface area contributed by atoms with Crippen molar-refractivity contribution >= 4 is 28.7 Å². The molecule has 0 N–H and O–H groups in total. The lowest BCUT2D eigenvalue weighted by Crippen LogP contribution is -2.39. The molecule has 1 aliphatic heterocycles. The highest BCUT2D eigenvalue weighted by atomic mass is 35.5. The van der Waals surface area contributed by atoms with Gasteiger partial charge in [0.15, 0.2) is 0 Å². The summed E-state index contributed by atoms with van der Waals surface area (Å²) < 4.78 is 5.27. The number of hydrogen-bond acceptors (Lipinski definition) is 4. The second kappa shape index (κ2) is 6.75. The lowest BCUT2D eigenvalue weighted by atomic mass is 10.00. The number of pyridine rings is 1. The van der Waals surface area contributed by atoms with Gasteiger partial charge in [-0.2, -0.15) is 5.10 Å². The van der Waals surface area contributed by atoms with Crippen molar-refractivity contribution in [2.75, 3.05) is 7.11 Å². The van der Waals surface area contributed by atoms with E-state index in [2.05, 4.69) is 28.9 Å². The molecule has 0 bridgehead atoms. The molecule has 0 radical (unpaired) electrons. The molecule has 1 aromatic heterocycles. The maximum atomic E-state index is 6.32. The maximum Gasteiger partial charge on any atom is 0.138 e. The number of aromatic nitrogens is 1. The summed E-state index contributed by atoms with van der Waals surface area (Å²) in [4.78, 5) is 4.45. The topological polar surface area (TPSA) is 37.7 Å². The first-order valence-electron chi connectivity index (χ1n) is 8.05. The molecule has 4 nitrogen and oxygen atoms in total. The Morgan fingerprint density at radius 2 is 2.00 bits per heavy atom. The number of rotatable bonds is 3. The van der Waals surface area contributed by atoms with Gasteiger partial charge in [-0.15, -0.1) is 0 Å². The number of ether oxygens (including phenoxy) is 1. The molecule has 2 heterocycles. The Balaban J connectivity index is 1.92. The highest BCUT2D eigenvalue weighted by Gasteiger charge is 2.22. The normalized spacial score (nSPS) is 22.0. The molecule has 1 saturated heterocycles. The van der Waals surface area contributed by atoms with E-state index >= 15 is 0 Å². The highest BCUT2D eigenvalue weighted by molar-refractivity contribution is 6.32. The number of fused-ring (bicyclic) bond motifs is 1. The minimum Gasteiger partial charge on any atom is -0.497 e. The molecule has 0 saturated carbocycles. The van der Waals surface area contributed by atoms with Crippen LogP contribution in [0.5, 0.6) is 5.75 Å². The van der Waals surface area contributed by atoms with Crippen LogP contribution in [-0.2, 0) is 0 Å². The van der Waals surface area contributed by atoms with E-state index in [9.17, 15) is 0 Å². The number of benzene rings is 1. The molecule has 2 aromatic rings. The van der Waals surface area contributed by atoms with E-state index in [1.165, 1.54) is 19.3 Å². The zero-order valence-electron chi connectivity index (χ0n) is 13.8. The number of hydrazone groups is 1. The quantitative estimate of drug-likeness (QED) is 0.614. The molecule has 1 aliphatic rings. The molecular formula is C18H22ClN3O. The third-order valence-corrected chi connectivity index (χ3v) is 4.78. The summed E-state index contributed by atoms with van der Waals surface area (Å²) in [5, 5.41) is 8.33. The van der Waals surface area contributed by atoms with E-state index in [1.807, 2.05) is 30.5 Å². The zero-order valence-corrected chi connectivity index (χ0v) is 14.5. The Morgan fingerprint density at radius 3 is 2.70 bits per heavy atom. The van der Waals surface area contributed by atoms with Crippen molar-refractivity contribution in [3.63, 3.8) is 0 Å². The van der Waals surface area contributed by atoms with Gasteiger partial charge in [0.2, 0.25) is 0 Å². The van der Waals surface area contributed by atoms with E-state index in [4.69, 9.17) is 16.3 Å². The number of hydrogen-bond donors (Lipinski definition) is 0. The molecule has 3 rings (SSSR count). The van der Waals surface area contributed by atoms with Crippen molar-refractivity contribution < 1.29 is 4.74 Å². The molecule has 23 heavy (non-hydrogen) atoms. The molecule has 0 unspecified atom stereocenters. The lowest BCUT2D eigenvalue weighted by Gasteiger charge is -2.36. The summed E-state index contributed by atoms with van der Waals surface area (Å²) >= 11 is 6.32. The average Bonchev–Trinajstić information content (AvgIpc) is 2.54. The SMILES string of the molecule is COc1ccc2nc(Cl)c(/C=N\N3[C@H](C)CCC[C@H]3C)cc2c1. The molecule has 0 spiro atoms. The van der Waals surface area contributed by atoms with E-state index < -0.39 is 0 Å². The largest absolute Gasteiger partial charge is 0.497 e. The smallest absolute Gasteiger partial charge is 0.138 e. The fraction of sp³-hybridized carbons (Fsp3) is 0.444. The fourth-order valence-corrected chi connectivity index (χ4v) is 3.32. The number of methoxy groups -OCH3 is 1. The monoisotopic (exact) mass is 331 g/mol. The highest BCUT2D eigenvalue weighted by Crippen LogP contribution is 2.25. The minimum atomic E-state index is 0.460. The Labute approximate surface area is 142 Å². The van der Waals surface area contributed by atoms with Gasteiger partial charge in [-0.05, 0) is 57.4 Å². The van der Waals surface area contributed by atoms with Gasteiger partial charge in [0.05, 0.1) is 18.8 Å². The third-order valence-electron chi connectivity index (χ3n) is 4.48. The van der Waals surface area contributed by atoms with E-state index in [1.54, 1.807) is 7.11 Å². The minimum absolute atomic E-state index is 0.460. The standard InChI is InChI=1S/C18H22ClN3O/c1-12-5-4-6-13(2)22(12)20-11-15-9-14-10-16(23-3)7-8-17(14)21-18(15)19/h7-13H,4-6H2,1-3H3/b20-11-/t12-,13-/m1/s1. The van der Waals surface area contributed by atoms with Crippen LogP contribution >= 0.6 is 11.6 Å².